The van der Waals surface area contributed by atoms with E-state index >= 15 is 0 Å². The maximum absolute atomic E-state index is 6.84. The number of fused-ring (bicyclic) bond motifs is 3. The molecule has 0 saturated carbocycles. The van der Waals surface area contributed by atoms with Crippen molar-refractivity contribution in [3.8, 4) is 11.5 Å². The smallest absolute Gasteiger partial charge is 0.138 e. The summed E-state index contributed by atoms with van der Waals surface area (Å²) in [4.78, 5) is 2.46. The minimum Gasteiger partial charge on any atom is -0.496 e. The van der Waals surface area contributed by atoms with Crippen LogP contribution in [0, 0.1) is 0 Å². The highest BCUT2D eigenvalue weighted by Gasteiger charge is 2.48. The van der Waals surface area contributed by atoms with E-state index in [1.165, 1.54) is 11.1 Å². The quantitative estimate of drug-likeness (QED) is 0.370. The molecule has 0 aromatic heterocycles. The Morgan fingerprint density at radius 1 is 0.839 bits per heavy atom. The lowest BCUT2D eigenvalue weighted by atomic mass is 9.92. The van der Waals surface area contributed by atoms with Crippen molar-refractivity contribution in [1.82, 2.24) is 4.90 Å². The first-order chi connectivity index (χ1) is 15.1. The summed E-state index contributed by atoms with van der Waals surface area (Å²) in [5.74, 6) is 1.68. The molecule has 5 rings (SSSR count). The van der Waals surface area contributed by atoms with Crippen LogP contribution in [0.2, 0.25) is 0 Å². The highest BCUT2D eigenvalue weighted by atomic mass is 79.9. The summed E-state index contributed by atoms with van der Waals surface area (Å²) >= 11 is 7.29. The van der Waals surface area contributed by atoms with Gasteiger partial charge in [-0.2, -0.15) is 0 Å². The van der Waals surface area contributed by atoms with E-state index in [-0.39, 0.29) is 18.4 Å². The van der Waals surface area contributed by atoms with Gasteiger partial charge in [0.1, 0.15) is 23.8 Å². The molecule has 0 unspecified atom stereocenters. The van der Waals surface area contributed by atoms with E-state index in [9.17, 15) is 0 Å². The Balaban J connectivity index is 1.69. The standard InChI is InChI=1S/C25H23Br2NO3/c1-29-21-9-7-16(26)13-19(21)23-24(20-14-17(27)8-10-22(20)30-2)31-25-18-6-4-3-5-15(18)11-12-28(23)25/h3-10,13-14,23-25H,11-12H2,1-2H3/t23-,24-,25+/m1/s1. The Morgan fingerprint density at radius 2 is 1.48 bits per heavy atom. The molecule has 4 nitrogen and oxygen atoms in total. The first kappa shape index (κ1) is 21.0. The van der Waals surface area contributed by atoms with Crippen molar-refractivity contribution in [3.63, 3.8) is 0 Å². The number of benzene rings is 3. The second kappa shape index (κ2) is 8.58. The first-order valence-corrected chi connectivity index (χ1v) is 11.8. The molecule has 3 aromatic carbocycles. The normalized spacial score (nSPS) is 22.6. The van der Waals surface area contributed by atoms with Gasteiger partial charge in [0.05, 0.1) is 20.3 Å². The van der Waals surface area contributed by atoms with Crippen molar-refractivity contribution >= 4 is 31.9 Å². The molecule has 2 heterocycles. The van der Waals surface area contributed by atoms with E-state index in [2.05, 4.69) is 73.2 Å². The van der Waals surface area contributed by atoms with Crippen molar-refractivity contribution in [2.24, 2.45) is 0 Å². The molecular weight excluding hydrogens is 522 g/mol. The molecule has 0 spiro atoms. The zero-order chi connectivity index (χ0) is 21.5. The third-order valence-corrected chi connectivity index (χ3v) is 7.18. The topological polar surface area (TPSA) is 30.9 Å². The van der Waals surface area contributed by atoms with Crippen LogP contribution in [0.4, 0.5) is 0 Å². The number of ether oxygens (including phenoxy) is 3. The highest BCUT2D eigenvalue weighted by molar-refractivity contribution is 9.10. The number of hydrogen-bond acceptors (Lipinski definition) is 4. The van der Waals surface area contributed by atoms with Gasteiger partial charge in [-0.15, -0.1) is 0 Å². The van der Waals surface area contributed by atoms with Crippen molar-refractivity contribution in [3.05, 3.63) is 91.9 Å². The van der Waals surface area contributed by atoms with Gasteiger partial charge in [0.2, 0.25) is 0 Å². The molecule has 0 amide bonds. The van der Waals surface area contributed by atoms with Gasteiger partial charge in [0.25, 0.3) is 0 Å². The average Bonchev–Trinajstić information content (AvgIpc) is 3.18. The molecule has 0 bridgehead atoms. The number of hydrogen-bond donors (Lipinski definition) is 0. The van der Waals surface area contributed by atoms with Crippen molar-refractivity contribution < 1.29 is 14.2 Å². The second-order valence-electron chi connectivity index (χ2n) is 7.81. The molecule has 1 saturated heterocycles. The summed E-state index contributed by atoms with van der Waals surface area (Å²) in [5.41, 5.74) is 4.72. The third-order valence-electron chi connectivity index (χ3n) is 6.19. The second-order valence-corrected chi connectivity index (χ2v) is 9.64. The molecule has 31 heavy (non-hydrogen) atoms. The lowest BCUT2D eigenvalue weighted by molar-refractivity contribution is -0.00837. The van der Waals surface area contributed by atoms with E-state index < -0.39 is 0 Å². The minimum atomic E-state index is -0.216. The molecule has 0 radical (unpaired) electrons. The minimum absolute atomic E-state index is 0.0194. The molecular formula is C25H23Br2NO3. The summed E-state index contributed by atoms with van der Waals surface area (Å²) in [7, 11) is 3.43. The fourth-order valence-electron chi connectivity index (χ4n) is 4.82. The molecule has 6 heteroatoms. The van der Waals surface area contributed by atoms with E-state index in [1.807, 2.05) is 24.3 Å². The zero-order valence-electron chi connectivity index (χ0n) is 17.3. The SMILES string of the molecule is COc1ccc(Br)cc1[C@H]1O[C@H]2c3ccccc3CCN2[C@@H]1c1cc(Br)ccc1OC. The number of methoxy groups -OCH3 is 2. The molecule has 1 fully saturated rings. The van der Waals surface area contributed by atoms with Gasteiger partial charge in [-0.05, 0) is 53.9 Å². The molecule has 2 aliphatic heterocycles. The number of nitrogens with zero attached hydrogens (tertiary/aromatic N) is 1. The zero-order valence-corrected chi connectivity index (χ0v) is 20.5. The van der Waals surface area contributed by atoms with E-state index in [1.54, 1.807) is 14.2 Å². The lowest BCUT2D eigenvalue weighted by Gasteiger charge is -2.34. The van der Waals surface area contributed by atoms with Gasteiger partial charge in [-0.1, -0.05) is 56.1 Å². The Hall–Kier alpha value is -1.86. The Morgan fingerprint density at radius 3 is 2.19 bits per heavy atom. The Bertz CT molecular complexity index is 1120. The van der Waals surface area contributed by atoms with Gasteiger partial charge < -0.3 is 14.2 Å². The molecule has 160 valence electrons. The van der Waals surface area contributed by atoms with Crippen LogP contribution in [0.1, 0.15) is 40.6 Å². The molecule has 0 aliphatic carbocycles. The van der Waals surface area contributed by atoms with Crippen LogP contribution in [-0.2, 0) is 11.2 Å². The summed E-state index contributed by atoms with van der Waals surface area (Å²) in [5, 5.41) is 0. The highest BCUT2D eigenvalue weighted by Crippen LogP contribution is 2.55. The van der Waals surface area contributed by atoms with Crippen LogP contribution in [0.5, 0.6) is 11.5 Å². The summed E-state index contributed by atoms with van der Waals surface area (Å²) in [6.45, 7) is 0.912. The van der Waals surface area contributed by atoms with Crippen LogP contribution in [0.3, 0.4) is 0 Å². The Labute approximate surface area is 199 Å². The first-order valence-electron chi connectivity index (χ1n) is 10.3. The predicted molar refractivity (Wildman–Crippen MR) is 128 cm³/mol. The Kier molecular flexibility index (Phi) is 5.82. The predicted octanol–water partition coefficient (Wildman–Crippen LogP) is 6.60. The molecule has 3 atom stereocenters. The van der Waals surface area contributed by atoms with Gasteiger partial charge in [0, 0.05) is 26.6 Å². The van der Waals surface area contributed by atoms with Crippen LogP contribution in [0.25, 0.3) is 0 Å². The summed E-state index contributed by atoms with van der Waals surface area (Å²) in [6, 6.07) is 20.8. The molecule has 3 aromatic rings. The van der Waals surface area contributed by atoms with Gasteiger partial charge >= 0.3 is 0 Å². The maximum Gasteiger partial charge on any atom is 0.138 e. The lowest BCUT2D eigenvalue weighted by Crippen LogP contribution is -2.34. The fraction of sp³-hybridized carbons (Fsp3) is 0.280. The van der Waals surface area contributed by atoms with Gasteiger partial charge in [-0.3, -0.25) is 4.90 Å². The van der Waals surface area contributed by atoms with Crippen LogP contribution >= 0.6 is 31.9 Å². The number of rotatable bonds is 4. The van der Waals surface area contributed by atoms with Crippen LogP contribution in [0.15, 0.2) is 69.6 Å². The van der Waals surface area contributed by atoms with E-state index in [0.29, 0.717) is 0 Å². The van der Waals surface area contributed by atoms with Gasteiger partial charge in [-0.25, -0.2) is 0 Å². The van der Waals surface area contributed by atoms with Gasteiger partial charge in [0.15, 0.2) is 0 Å². The molecule has 0 N–H and O–H groups in total. The average molecular weight is 545 g/mol. The fourth-order valence-corrected chi connectivity index (χ4v) is 5.58. The van der Waals surface area contributed by atoms with Crippen molar-refractivity contribution in [2.75, 3.05) is 20.8 Å². The van der Waals surface area contributed by atoms with Crippen LogP contribution in [-0.4, -0.2) is 25.7 Å². The van der Waals surface area contributed by atoms with Crippen LogP contribution < -0.4 is 9.47 Å². The summed E-state index contributed by atoms with van der Waals surface area (Å²) < 4.78 is 20.4. The number of halogens is 2. The molecule has 2 aliphatic rings. The van der Waals surface area contributed by atoms with Crippen molar-refractivity contribution in [2.45, 2.75) is 24.8 Å². The monoisotopic (exact) mass is 543 g/mol. The van der Waals surface area contributed by atoms with E-state index in [4.69, 9.17) is 14.2 Å². The largest absolute Gasteiger partial charge is 0.496 e. The third kappa shape index (κ3) is 3.69. The van der Waals surface area contributed by atoms with E-state index in [0.717, 1.165) is 44.5 Å². The summed E-state index contributed by atoms with van der Waals surface area (Å²) in [6.07, 6.45) is 0.657. The maximum atomic E-state index is 6.84. The van der Waals surface area contributed by atoms with Crippen molar-refractivity contribution in [1.29, 1.82) is 0 Å².